The van der Waals surface area contributed by atoms with E-state index in [1.54, 1.807) is 13.0 Å². The van der Waals surface area contributed by atoms with E-state index in [1.807, 2.05) is 20.8 Å². The van der Waals surface area contributed by atoms with Gasteiger partial charge in [-0.3, -0.25) is 4.79 Å². The average molecular weight is 356 g/mol. The molecule has 6 nitrogen and oxygen atoms in total. The van der Waals surface area contributed by atoms with Crippen molar-refractivity contribution in [1.82, 2.24) is 10.0 Å². The van der Waals surface area contributed by atoms with Crippen molar-refractivity contribution in [3.63, 3.8) is 0 Å². The summed E-state index contributed by atoms with van der Waals surface area (Å²) < 4.78 is 32.4. The Morgan fingerprint density at radius 2 is 2.00 bits per heavy atom. The third-order valence-electron chi connectivity index (χ3n) is 3.40. The Morgan fingerprint density at radius 1 is 1.29 bits per heavy atom. The fourth-order valence-corrected chi connectivity index (χ4v) is 3.11. The van der Waals surface area contributed by atoms with Crippen molar-refractivity contribution in [1.29, 1.82) is 0 Å². The molecule has 0 saturated carbocycles. The standard InChI is InChI=1S/C17H28N2O4S/c1-5-23-10-6-9-19-24(21,22)15-8-7-14(4)16(11-15)17(20)18-12-13(2)3/h7-8,11,13,19H,5-6,9-10,12H2,1-4H3,(H,18,20). The molecule has 0 heterocycles. The lowest BCUT2D eigenvalue weighted by molar-refractivity contribution is 0.0948. The van der Waals surface area contributed by atoms with Crippen LogP contribution in [0, 0.1) is 12.8 Å². The van der Waals surface area contributed by atoms with Crippen LogP contribution in [0.25, 0.3) is 0 Å². The van der Waals surface area contributed by atoms with Gasteiger partial charge in [0.05, 0.1) is 4.90 Å². The first kappa shape index (κ1) is 20.6. The summed E-state index contributed by atoms with van der Waals surface area (Å²) in [7, 11) is -3.64. The second-order valence-corrected chi connectivity index (χ2v) is 7.80. The lowest BCUT2D eigenvalue weighted by Crippen LogP contribution is -2.29. The number of ether oxygens (including phenoxy) is 1. The number of sulfonamides is 1. The van der Waals surface area contributed by atoms with Crippen molar-refractivity contribution in [2.45, 2.75) is 39.0 Å². The zero-order valence-corrected chi connectivity index (χ0v) is 15.7. The van der Waals surface area contributed by atoms with E-state index in [2.05, 4.69) is 10.0 Å². The maximum atomic E-state index is 12.3. The van der Waals surface area contributed by atoms with Crippen molar-refractivity contribution in [2.75, 3.05) is 26.3 Å². The normalized spacial score (nSPS) is 11.7. The quantitative estimate of drug-likeness (QED) is 0.629. The molecule has 2 N–H and O–H groups in total. The number of nitrogens with one attached hydrogen (secondary N) is 2. The highest BCUT2D eigenvalue weighted by atomic mass is 32.2. The van der Waals surface area contributed by atoms with E-state index in [0.717, 1.165) is 5.56 Å². The van der Waals surface area contributed by atoms with Crippen LogP contribution in [-0.4, -0.2) is 40.6 Å². The van der Waals surface area contributed by atoms with Crippen molar-refractivity contribution in [3.8, 4) is 0 Å². The van der Waals surface area contributed by atoms with Crippen LogP contribution in [-0.2, 0) is 14.8 Å². The van der Waals surface area contributed by atoms with Crippen molar-refractivity contribution >= 4 is 15.9 Å². The summed E-state index contributed by atoms with van der Waals surface area (Å²) in [4.78, 5) is 12.3. The Labute approximate surface area is 145 Å². The minimum absolute atomic E-state index is 0.0965. The van der Waals surface area contributed by atoms with E-state index >= 15 is 0 Å². The molecule has 0 bridgehead atoms. The molecule has 0 aliphatic rings. The summed E-state index contributed by atoms with van der Waals surface area (Å²) in [6.45, 7) is 9.64. The molecule has 1 aromatic rings. The predicted octanol–water partition coefficient (Wildman–Crippen LogP) is 2.09. The predicted molar refractivity (Wildman–Crippen MR) is 94.6 cm³/mol. The van der Waals surface area contributed by atoms with Crippen LogP contribution < -0.4 is 10.0 Å². The maximum Gasteiger partial charge on any atom is 0.251 e. The fourth-order valence-electron chi connectivity index (χ4n) is 2.01. The molecule has 0 unspecified atom stereocenters. The Hall–Kier alpha value is -1.44. The number of carbonyl (C=O) groups excluding carboxylic acids is 1. The summed E-state index contributed by atoms with van der Waals surface area (Å²) in [5, 5.41) is 2.81. The SMILES string of the molecule is CCOCCCNS(=O)(=O)c1ccc(C)c(C(=O)NCC(C)C)c1. The number of carbonyl (C=O) groups is 1. The van der Waals surface area contributed by atoms with Gasteiger partial charge in [0.25, 0.3) is 5.91 Å². The molecule has 0 atom stereocenters. The summed E-state index contributed by atoms with van der Waals surface area (Å²) in [5.74, 6) is 0.0720. The number of hydrogen-bond acceptors (Lipinski definition) is 4. The first-order valence-corrected chi connectivity index (χ1v) is 9.72. The zero-order chi connectivity index (χ0) is 18.2. The summed E-state index contributed by atoms with van der Waals surface area (Å²) in [5.41, 5.74) is 1.12. The van der Waals surface area contributed by atoms with Gasteiger partial charge in [-0.15, -0.1) is 0 Å². The molecule has 1 aromatic carbocycles. The van der Waals surface area contributed by atoms with Gasteiger partial charge in [0.2, 0.25) is 10.0 Å². The van der Waals surface area contributed by atoms with E-state index in [4.69, 9.17) is 4.74 Å². The van der Waals surface area contributed by atoms with Gasteiger partial charge in [-0.25, -0.2) is 13.1 Å². The largest absolute Gasteiger partial charge is 0.382 e. The van der Waals surface area contributed by atoms with Crippen molar-refractivity contribution in [2.24, 2.45) is 5.92 Å². The van der Waals surface area contributed by atoms with Crippen LogP contribution in [0.5, 0.6) is 0 Å². The van der Waals surface area contributed by atoms with Crippen LogP contribution in [0.4, 0.5) is 0 Å². The Balaban J connectivity index is 2.81. The highest BCUT2D eigenvalue weighted by Gasteiger charge is 2.17. The molecule has 0 aromatic heterocycles. The molecule has 24 heavy (non-hydrogen) atoms. The number of benzene rings is 1. The molecule has 0 aliphatic heterocycles. The highest BCUT2D eigenvalue weighted by molar-refractivity contribution is 7.89. The van der Waals surface area contributed by atoms with Gasteiger partial charge >= 0.3 is 0 Å². The topological polar surface area (TPSA) is 84.5 Å². The van der Waals surface area contributed by atoms with Gasteiger partial charge in [-0.2, -0.15) is 0 Å². The van der Waals surface area contributed by atoms with Crippen LogP contribution in [0.15, 0.2) is 23.1 Å². The van der Waals surface area contributed by atoms with E-state index in [9.17, 15) is 13.2 Å². The minimum atomic E-state index is -3.64. The third-order valence-corrected chi connectivity index (χ3v) is 4.86. The molecule has 0 radical (unpaired) electrons. The second-order valence-electron chi connectivity index (χ2n) is 6.03. The highest BCUT2D eigenvalue weighted by Crippen LogP contribution is 2.16. The van der Waals surface area contributed by atoms with Gasteiger partial charge < -0.3 is 10.1 Å². The van der Waals surface area contributed by atoms with Crippen molar-refractivity contribution in [3.05, 3.63) is 29.3 Å². The molecular formula is C17H28N2O4S. The average Bonchev–Trinajstić information content (AvgIpc) is 2.52. The van der Waals surface area contributed by atoms with E-state index in [0.29, 0.717) is 44.2 Å². The van der Waals surface area contributed by atoms with Crippen LogP contribution in [0.2, 0.25) is 0 Å². The Kier molecular flexibility index (Phi) is 8.38. The number of amides is 1. The maximum absolute atomic E-state index is 12.3. The smallest absolute Gasteiger partial charge is 0.251 e. The van der Waals surface area contributed by atoms with E-state index in [-0.39, 0.29) is 10.8 Å². The van der Waals surface area contributed by atoms with Gasteiger partial charge in [-0.05, 0) is 43.9 Å². The summed E-state index contributed by atoms with van der Waals surface area (Å²) in [6, 6.07) is 4.59. The second kappa shape index (κ2) is 9.76. The van der Waals surface area contributed by atoms with Gasteiger partial charge in [0, 0.05) is 31.9 Å². The molecule has 136 valence electrons. The number of aryl methyl sites for hydroxylation is 1. The van der Waals surface area contributed by atoms with Gasteiger partial charge in [-0.1, -0.05) is 19.9 Å². The van der Waals surface area contributed by atoms with E-state index in [1.165, 1.54) is 12.1 Å². The molecule has 0 spiro atoms. The summed E-state index contributed by atoms with van der Waals surface area (Å²) >= 11 is 0. The molecule has 1 rings (SSSR count). The van der Waals surface area contributed by atoms with Crippen LogP contribution >= 0.6 is 0 Å². The molecule has 0 fully saturated rings. The first-order valence-electron chi connectivity index (χ1n) is 8.24. The summed E-state index contributed by atoms with van der Waals surface area (Å²) in [6.07, 6.45) is 0.598. The van der Waals surface area contributed by atoms with Crippen LogP contribution in [0.1, 0.15) is 43.1 Å². The lowest BCUT2D eigenvalue weighted by atomic mass is 10.1. The molecular weight excluding hydrogens is 328 g/mol. The zero-order valence-electron chi connectivity index (χ0n) is 14.9. The molecule has 0 saturated heterocycles. The van der Waals surface area contributed by atoms with Crippen LogP contribution in [0.3, 0.4) is 0 Å². The Bertz CT molecular complexity index is 642. The Morgan fingerprint density at radius 3 is 2.62 bits per heavy atom. The fraction of sp³-hybridized carbons (Fsp3) is 0.588. The molecule has 0 aliphatic carbocycles. The monoisotopic (exact) mass is 356 g/mol. The first-order chi connectivity index (χ1) is 11.3. The van der Waals surface area contributed by atoms with E-state index < -0.39 is 10.0 Å². The number of hydrogen-bond donors (Lipinski definition) is 2. The molecule has 1 amide bonds. The van der Waals surface area contributed by atoms with Crippen molar-refractivity contribution < 1.29 is 17.9 Å². The van der Waals surface area contributed by atoms with Gasteiger partial charge in [0.1, 0.15) is 0 Å². The van der Waals surface area contributed by atoms with Gasteiger partial charge in [0.15, 0.2) is 0 Å². The minimum Gasteiger partial charge on any atom is -0.382 e. The lowest BCUT2D eigenvalue weighted by Gasteiger charge is -2.12. The number of rotatable bonds is 10. The third kappa shape index (κ3) is 6.59. The molecule has 7 heteroatoms.